The van der Waals surface area contributed by atoms with Crippen molar-refractivity contribution in [1.29, 1.82) is 0 Å². The maximum atomic E-state index is 10.9. The van der Waals surface area contributed by atoms with Crippen LogP contribution in [0.15, 0.2) is 4.79 Å². The standard InChI is InChI=1S/C5H7N3O2S/c9-2-1-3-4(10)6-5(11)8-7-3/h9H,1-2H2,(H2,6,8,10,11). The fourth-order valence-electron chi connectivity index (χ4n) is 0.648. The van der Waals surface area contributed by atoms with Crippen molar-refractivity contribution in [2.75, 3.05) is 6.61 Å². The number of aromatic amines is 2. The molecule has 0 aliphatic heterocycles. The van der Waals surface area contributed by atoms with Crippen molar-refractivity contribution in [3.8, 4) is 0 Å². The first kappa shape index (κ1) is 8.09. The number of nitrogens with zero attached hydrogens (tertiary/aromatic N) is 1. The zero-order valence-electron chi connectivity index (χ0n) is 5.63. The van der Waals surface area contributed by atoms with Gasteiger partial charge in [0.05, 0.1) is 0 Å². The minimum Gasteiger partial charge on any atom is -0.396 e. The molecule has 0 bridgehead atoms. The van der Waals surface area contributed by atoms with Gasteiger partial charge in [0, 0.05) is 13.0 Å². The van der Waals surface area contributed by atoms with Crippen LogP contribution in [-0.2, 0) is 6.42 Å². The highest BCUT2D eigenvalue weighted by Crippen LogP contribution is 1.81. The van der Waals surface area contributed by atoms with Gasteiger partial charge in [-0.2, -0.15) is 5.10 Å². The van der Waals surface area contributed by atoms with E-state index < -0.39 is 0 Å². The van der Waals surface area contributed by atoms with Gasteiger partial charge in [0.2, 0.25) is 0 Å². The Balaban J connectivity index is 3.10. The molecule has 11 heavy (non-hydrogen) atoms. The molecule has 5 nitrogen and oxygen atoms in total. The van der Waals surface area contributed by atoms with E-state index in [1.807, 2.05) is 0 Å². The van der Waals surface area contributed by atoms with Gasteiger partial charge in [0.15, 0.2) is 4.77 Å². The molecule has 0 spiro atoms. The molecule has 0 unspecified atom stereocenters. The number of aliphatic hydroxyl groups excluding tert-OH is 1. The molecule has 0 atom stereocenters. The summed E-state index contributed by atoms with van der Waals surface area (Å²) >= 11 is 4.61. The molecular weight excluding hydrogens is 166 g/mol. The third-order valence-electron chi connectivity index (χ3n) is 1.13. The summed E-state index contributed by atoms with van der Waals surface area (Å²) in [5.41, 5.74) is -0.0797. The van der Waals surface area contributed by atoms with E-state index in [1.165, 1.54) is 0 Å². The highest BCUT2D eigenvalue weighted by Gasteiger charge is 1.98. The van der Waals surface area contributed by atoms with Crippen LogP contribution in [0.2, 0.25) is 0 Å². The molecule has 0 aliphatic carbocycles. The van der Waals surface area contributed by atoms with Gasteiger partial charge >= 0.3 is 0 Å². The quantitative estimate of drug-likeness (QED) is 0.520. The monoisotopic (exact) mass is 173 g/mol. The fraction of sp³-hybridized carbons (Fsp3) is 0.400. The first-order valence-corrected chi connectivity index (χ1v) is 3.43. The third kappa shape index (κ3) is 1.95. The Morgan fingerprint density at radius 1 is 1.64 bits per heavy atom. The summed E-state index contributed by atoms with van der Waals surface area (Å²) in [6.45, 7) is -0.0965. The summed E-state index contributed by atoms with van der Waals surface area (Å²) in [7, 11) is 0. The lowest BCUT2D eigenvalue weighted by atomic mass is 10.3. The topological polar surface area (TPSA) is 81.8 Å². The number of aromatic nitrogens is 3. The van der Waals surface area contributed by atoms with E-state index in [2.05, 4.69) is 27.4 Å². The lowest BCUT2D eigenvalue weighted by Gasteiger charge is -1.92. The minimum absolute atomic E-state index is 0.0965. The summed E-state index contributed by atoms with van der Waals surface area (Å²) in [6, 6.07) is 0. The van der Waals surface area contributed by atoms with E-state index in [9.17, 15) is 4.79 Å². The predicted octanol–water partition coefficient (Wildman–Crippen LogP) is -0.638. The van der Waals surface area contributed by atoms with Gasteiger partial charge in [-0.1, -0.05) is 0 Å². The Bertz CT molecular complexity index is 342. The van der Waals surface area contributed by atoms with Crippen LogP contribution >= 0.6 is 12.2 Å². The largest absolute Gasteiger partial charge is 0.396 e. The van der Waals surface area contributed by atoms with E-state index in [-0.39, 0.29) is 29.1 Å². The number of aliphatic hydroxyl groups is 1. The SMILES string of the molecule is O=c1[nH]c(=S)[nH]nc1CCO. The summed E-state index contributed by atoms with van der Waals surface area (Å²) in [5.74, 6) is 0. The Labute approximate surface area is 67.1 Å². The normalized spacial score (nSPS) is 9.91. The smallest absolute Gasteiger partial charge is 0.273 e. The molecule has 1 aromatic heterocycles. The molecule has 3 N–H and O–H groups in total. The van der Waals surface area contributed by atoms with Crippen LogP contribution in [0.25, 0.3) is 0 Å². The van der Waals surface area contributed by atoms with Gasteiger partial charge in [0.25, 0.3) is 5.56 Å². The Morgan fingerprint density at radius 3 is 2.91 bits per heavy atom. The fourth-order valence-corrected chi connectivity index (χ4v) is 0.786. The third-order valence-corrected chi connectivity index (χ3v) is 1.32. The van der Waals surface area contributed by atoms with Gasteiger partial charge in [-0.05, 0) is 12.2 Å². The second-order valence-corrected chi connectivity index (χ2v) is 2.34. The molecule has 1 rings (SSSR count). The van der Waals surface area contributed by atoms with Crippen molar-refractivity contribution in [1.82, 2.24) is 15.2 Å². The number of H-pyrrole nitrogens is 2. The van der Waals surface area contributed by atoms with Crippen LogP contribution in [0.4, 0.5) is 0 Å². The maximum absolute atomic E-state index is 10.9. The van der Waals surface area contributed by atoms with Crippen molar-refractivity contribution in [3.05, 3.63) is 20.8 Å². The molecule has 60 valence electrons. The van der Waals surface area contributed by atoms with Crippen LogP contribution in [0.1, 0.15) is 5.69 Å². The average Bonchev–Trinajstić information content (AvgIpc) is 1.95. The second-order valence-electron chi connectivity index (χ2n) is 1.93. The average molecular weight is 173 g/mol. The van der Waals surface area contributed by atoms with Crippen LogP contribution in [0.3, 0.4) is 0 Å². The molecule has 0 saturated carbocycles. The van der Waals surface area contributed by atoms with Gasteiger partial charge in [-0.15, -0.1) is 0 Å². The van der Waals surface area contributed by atoms with Crippen molar-refractivity contribution >= 4 is 12.2 Å². The summed E-state index contributed by atoms with van der Waals surface area (Å²) in [5, 5.41) is 14.5. The predicted molar refractivity (Wildman–Crippen MR) is 40.8 cm³/mol. The summed E-state index contributed by atoms with van der Waals surface area (Å²) < 4.78 is 0.191. The van der Waals surface area contributed by atoms with Crippen LogP contribution in [0, 0.1) is 4.77 Å². The Hall–Kier alpha value is -1.01. The van der Waals surface area contributed by atoms with Crippen LogP contribution in [-0.4, -0.2) is 26.9 Å². The first-order chi connectivity index (χ1) is 5.24. The van der Waals surface area contributed by atoms with Crippen LogP contribution in [0.5, 0.6) is 0 Å². The first-order valence-electron chi connectivity index (χ1n) is 3.03. The molecule has 1 aromatic rings. The maximum Gasteiger partial charge on any atom is 0.273 e. The van der Waals surface area contributed by atoms with Gasteiger partial charge in [-0.3, -0.25) is 14.9 Å². The van der Waals surface area contributed by atoms with E-state index in [0.717, 1.165) is 0 Å². The molecule has 0 saturated heterocycles. The minimum atomic E-state index is -0.345. The van der Waals surface area contributed by atoms with Crippen molar-refractivity contribution < 1.29 is 5.11 Å². The van der Waals surface area contributed by atoms with Gasteiger partial charge in [-0.25, -0.2) is 0 Å². The number of nitrogens with one attached hydrogen (secondary N) is 2. The number of rotatable bonds is 2. The molecule has 0 aliphatic rings. The summed E-state index contributed by atoms with van der Waals surface area (Å²) in [6.07, 6.45) is 0.238. The lowest BCUT2D eigenvalue weighted by molar-refractivity contribution is 0.297. The second kappa shape index (κ2) is 3.40. The van der Waals surface area contributed by atoms with E-state index in [4.69, 9.17) is 5.11 Å². The van der Waals surface area contributed by atoms with E-state index in [0.29, 0.717) is 0 Å². The molecule has 6 heteroatoms. The lowest BCUT2D eigenvalue weighted by Crippen LogP contribution is -2.17. The Kier molecular flexibility index (Phi) is 2.50. The van der Waals surface area contributed by atoms with E-state index >= 15 is 0 Å². The summed E-state index contributed by atoms with van der Waals surface area (Å²) in [4.78, 5) is 13.3. The zero-order valence-corrected chi connectivity index (χ0v) is 6.44. The highest BCUT2D eigenvalue weighted by atomic mass is 32.1. The van der Waals surface area contributed by atoms with Crippen molar-refractivity contribution in [2.45, 2.75) is 6.42 Å². The molecule has 0 radical (unpaired) electrons. The molecule has 1 heterocycles. The van der Waals surface area contributed by atoms with Crippen molar-refractivity contribution in [3.63, 3.8) is 0 Å². The molecular formula is C5H7N3O2S. The van der Waals surface area contributed by atoms with Crippen molar-refractivity contribution in [2.24, 2.45) is 0 Å². The van der Waals surface area contributed by atoms with Crippen LogP contribution < -0.4 is 5.56 Å². The molecule has 0 amide bonds. The highest BCUT2D eigenvalue weighted by molar-refractivity contribution is 7.71. The number of hydrogen-bond donors (Lipinski definition) is 3. The molecule has 0 aromatic carbocycles. The van der Waals surface area contributed by atoms with Gasteiger partial charge in [0.1, 0.15) is 5.69 Å². The molecule has 0 fully saturated rings. The Morgan fingerprint density at radius 2 is 2.36 bits per heavy atom. The van der Waals surface area contributed by atoms with E-state index in [1.54, 1.807) is 0 Å². The van der Waals surface area contributed by atoms with Gasteiger partial charge < -0.3 is 5.11 Å². The number of hydrogen-bond acceptors (Lipinski definition) is 4. The zero-order chi connectivity index (χ0) is 8.27.